The van der Waals surface area contributed by atoms with E-state index >= 15 is 0 Å². The molecule has 2 nitrogen and oxygen atoms in total. The van der Waals surface area contributed by atoms with Crippen molar-refractivity contribution in [2.75, 3.05) is 0 Å². The summed E-state index contributed by atoms with van der Waals surface area (Å²) in [4.78, 5) is 23.5. The van der Waals surface area contributed by atoms with Gasteiger partial charge in [-0.15, -0.1) is 13.2 Å². The van der Waals surface area contributed by atoms with Gasteiger partial charge in [0.05, 0.1) is 0 Å². The molecule has 0 spiro atoms. The summed E-state index contributed by atoms with van der Waals surface area (Å²) in [6.07, 6.45) is 17.3. The van der Waals surface area contributed by atoms with Gasteiger partial charge in [0, 0.05) is 12.8 Å². The predicted octanol–water partition coefficient (Wildman–Crippen LogP) is 7.32. The second kappa shape index (κ2) is 11.3. The van der Waals surface area contributed by atoms with Crippen molar-refractivity contribution in [1.82, 2.24) is 0 Å². The molecule has 0 aromatic rings. The molecule has 2 aliphatic carbocycles. The summed E-state index contributed by atoms with van der Waals surface area (Å²) in [6, 6.07) is 0. The molecule has 0 saturated carbocycles. The van der Waals surface area contributed by atoms with E-state index in [-0.39, 0.29) is 5.41 Å². The summed E-state index contributed by atoms with van der Waals surface area (Å²) in [6.45, 7) is 16.1. The lowest BCUT2D eigenvalue weighted by molar-refractivity contribution is -0.116. The van der Waals surface area contributed by atoms with Crippen molar-refractivity contribution < 1.29 is 9.59 Å². The minimum atomic E-state index is 0.220. The first-order chi connectivity index (χ1) is 13.1. The molecule has 0 radical (unpaired) electrons. The minimum Gasteiger partial charge on any atom is -0.295 e. The molecule has 0 amide bonds. The van der Waals surface area contributed by atoms with Gasteiger partial charge in [-0.2, -0.15) is 0 Å². The molecule has 0 aliphatic heterocycles. The smallest absolute Gasteiger partial charge is 0.158 e. The summed E-state index contributed by atoms with van der Waals surface area (Å²) in [5.41, 5.74) is 2.62. The highest BCUT2D eigenvalue weighted by Crippen LogP contribution is 2.36. The molecular weight excluding hydrogens is 344 g/mol. The Hall–Kier alpha value is -1.70. The number of hydrogen-bond acceptors (Lipinski definition) is 2. The second-order valence-electron chi connectivity index (χ2n) is 9.62. The highest BCUT2D eigenvalue weighted by molar-refractivity contribution is 5.96. The van der Waals surface area contributed by atoms with E-state index in [1.807, 2.05) is 12.2 Å². The Kier molecular flexibility index (Phi) is 9.85. The van der Waals surface area contributed by atoms with E-state index in [1.165, 1.54) is 12.8 Å². The Morgan fingerprint density at radius 2 is 1.54 bits per heavy atom. The van der Waals surface area contributed by atoms with Crippen LogP contribution in [0.3, 0.4) is 0 Å². The van der Waals surface area contributed by atoms with Crippen LogP contribution in [0.5, 0.6) is 0 Å². The van der Waals surface area contributed by atoms with Gasteiger partial charge < -0.3 is 0 Å². The van der Waals surface area contributed by atoms with Crippen molar-refractivity contribution in [3.8, 4) is 0 Å². The number of allylic oxidation sites excluding steroid dienone is 6. The Morgan fingerprint density at radius 3 is 2.04 bits per heavy atom. The third-order valence-electron chi connectivity index (χ3n) is 5.58. The molecule has 0 bridgehead atoms. The van der Waals surface area contributed by atoms with Crippen LogP contribution in [-0.4, -0.2) is 11.6 Å². The first kappa shape index (κ1) is 24.3. The molecular formula is C26H40O2. The molecule has 0 unspecified atom stereocenters. The third-order valence-corrected chi connectivity index (χ3v) is 5.58. The van der Waals surface area contributed by atoms with Gasteiger partial charge in [-0.25, -0.2) is 0 Å². The van der Waals surface area contributed by atoms with Gasteiger partial charge in [0.25, 0.3) is 0 Å². The molecule has 0 saturated heterocycles. The number of hydrogen-bond donors (Lipinski definition) is 0. The van der Waals surface area contributed by atoms with Gasteiger partial charge in [-0.3, -0.25) is 9.59 Å². The van der Waals surface area contributed by atoms with E-state index in [0.29, 0.717) is 29.8 Å². The average Bonchev–Trinajstić information content (AvgIpc) is 2.63. The zero-order valence-electron chi connectivity index (χ0n) is 18.6. The topological polar surface area (TPSA) is 34.1 Å². The van der Waals surface area contributed by atoms with Gasteiger partial charge in [-0.1, -0.05) is 52.0 Å². The van der Waals surface area contributed by atoms with Crippen molar-refractivity contribution in [1.29, 1.82) is 0 Å². The Morgan fingerprint density at radius 1 is 0.964 bits per heavy atom. The van der Waals surface area contributed by atoms with Crippen LogP contribution in [0.1, 0.15) is 91.9 Å². The maximum absolute atomic E-state index is 11.7. The standard InChI is InChI=1S/2C13H20O/c2*1-4-5-8-12(14)11-7-6-9-13(2,3)10-11/h4,10H,1,5-9H2,2-3H3;4,7H,1,5-6,8-10H2,2-3H3. The van der Waals surface area contributed by atoms with Crippen LogP contribution in [0.25, 0.3) is 0 Å². The monoisotopic (exact) mass is 384 g/mol. The summed E-state index contributed by atoms with van der Waals surface area (Å²) < 4.78 is 0. The first-order valence-corrected chi connectivity index (χ1v) is 10.8. The Labute approximate surface area is 172 Å². The maximum atomic E-state index is 11.7. The highest BCUT2D eigenvalue weighted by atomic mass is 16.1. The van der Waals surface area contributed by atoms with Crippen LogP contribution in [-0.2, 0) is 9.59 Å². The molecule has 28 heavy (non-hydrogen) atoms. The molecule has 0 heterocycles. The molecule has 2 heteroatoms. The molecule has 0 atom stereocenters. The van der Waals surface area contributed by atoms with Crippen LogP contribution in [0, 0.1) is 10.8 Å². The maximum Gasteiger partial charge on any atom is 0.158 e. The van der Waals surface area contributed by atoms with Gasteiger partial charge in [0.1, 0.15) is 0 Å². The summed E-state index contributed by atoms with van der Waals surface area (Å²) in [7, 11) is 0. The Bertz CT molecular complexity index is 629. The molecule has 0 fully saturated rings. The van der Waals surface area contributed by atoms with E-state index in [9.17, 15) is 9.59 Å². The van der Waals surface area contributed by atoms with E-state index in [2.05, 4.69) is 53.0 Å². The van der Waals surface area contributed by atoms with Crippen LogP contribution in [0.4, 0.5) is 0 Å². The summed E-state index contributed by atoms with van der Waals surface area (Å²) in [5.74, 6) is 0.635. The van der Waals surface area contributed by atoms with Crippen molar-refractivity contribution in [2.24, 2.45) is 10.8 Å². The molecule has 2 rings (SSSR count). The zero-order valence-corrected chi connectivity index (χ0v) is 18.6. The fourth-order valence-electron chi connectivity index (χ4n) is 3.88. The average molecular weight is 385 g/mol. The summed E-state index contributed by atoms with van der Waals surface area (Å²) >= 11 is 0. The van der Waals surface area contributed by atoms with Crippen molar-refractivity contribution >= 4 is 11.6 Å². The molecule has 2 aliphatic rings. The van der Waals surface area contributed by atoms with E-state index < -0.39 is 0 Å². The lowest BCUT2D eigenvalue weighted by Crippen LogP contribution is -2.19. The highest BCUT2D eigenvalue weighted by Gasteiger charge is 2.25. The zero-order chi connectivity index (χ0) is 21.2. The largest absolute Gasteiger partial charge is 0.295 e. The molecule has 0 N–H and O–H groups in total. The minimum absolute atomic E-state index is 0.220. The van der Waals surface area contributed by atoms with Gasteiger partial charge >= 0.3 is 0 Å². The number of carbonyl (C=O) groups excluding carboxylic acids is 2. The number of carbonyl (C=O) groups is 2. The fraction of sp³-hybridized carbons (Fsp3) is 0.615. The van der Waals surface area contributed by atoms with Crippen LogP contribution >= 0.6 is 0 Å². The van der Waals surface area contributed by atoms with E-state index in [1.54, 1.807) is 0 Å². The van der Waals surface area contributed by atoms with E-state index in [0.717, 1.165) is 49.7 Å². The first-order valence-electron chi connectivity index (χ1n) is 10.8. The lowest BCUT2D eigenvalue weighted by Gasteiger charge is -2.29. The predicted molar refractivity (Wildman–Crippen MR) is 120 cm³/mol. The van der Waals surface area contributed by atoms with E-state index in [4.69, 9.17) is 0 Å². The van der Waals surface area contributed by atoms with Gasteiger partial charge in [0.2, 0.25) is 0 Å². The summed E-state index contributed by atoms with van der Waals surface area (Å²) in [5, 5.41) is 0. The molecule has 0 aromatic heterocycles. The number of ketones is 2. The SMILES string of the molecule is C=CCCC(=O)C1=CC(C)(C)CCC1.C=CCCC(=O)C1=CCCC(C)(C)C1. The number of rotatable bonds is 8. The second-order valence-corrected chi connectivity index (χ2v) is 9.62. The van der Waals surface area contributed by atoms with Crippen LogP contribution in [0.2, 0.25) is 0 Å². The molecule has 156 valence electrons. The third kappa shape index (κ3) is 8.99. The van der Waals surface area contributed by atoms with Gasteiger partial charge in [-0.05, 0) is 73.3 Å². The Balaban J connectivity index is 0.000000280. The van der Waals surface area contributed by atoms with Crippen molar-refractivity contribution in [3.05, 3.63) is 48.6 Å². The molecule has 0 aromatic carbocycles. The quantitative estimate of drug-likeness (QED) is 0.411. The lowest BCUT2D eigenvalue weighted by atomic mass is 9.76. The normalized spacial score (nSPS) is 20.0. The van der Waals surface area contributed by atoms with Crippen molar-refractivity contribution in [3.63, 3.8) is 0 Å². The van der Waals surface area contributed by atoms with Crippen molar-refractivity contribution in [2.45, 2.75) is 91.9 Å². The van der Waals surface area contributed by atoms with Crippen LogP contribution < -0.4 is 0 Å². The fourth-order valence-corrected chi connectivity index (χ4v) is 3.88. The number of Topliss-reactive ketones (excluding diaryl/α,β-unsaturated/α-hetero) is 2. The van der Waals surface area contributed by atoms with Gasteiger partial charge in [0.15, 0.2) is 11.6 Å². The van der Waals surface area contributed by atoms with Crippen LogP contribution in [0.15, 0.2) is 48.6 Å².